The topological polar surface area (TPSA) is 41.1 Å². The first-order valence-electron chi connectivity index (χ1n) is 5.02. The van der Waals surface area contributed by atoms with Crippen LogP contribution in [0, 0.1) is 0 Å². The molecule has 0 bridgehead atoms. The number of carbonyl (C=O) groups excluding carboxylic acids is 1. The molecular weight excluding hydrogens is 214 g/mol. The zero-order valence-corrected chi connectivity index (χ0v) is 8.97. The summed E-state index contributed by atoms with van der Waals surface area (Å²) in [6.45, 7) is 3.26. The fourth-order valence-electron chi connectivity index (χ4n) is 1.24. The molecular formula is C11H14F2N2O. The van der Waals surface area contributed by atoms with Gasteiger partial charge in [0.1, 0.15) is 0 Å². The number of hydrogen-bond acceptors (Lipinski definition) is 2. The summed E-state index contributed by atoms with van der Waals surface area (Å²) in [7, 11) is 0. The number of carbonyl (C=O) groups is 1. The quantitative estimate of drug-likeness (QED) is 0.809. The van der Waals surface area contributed by atoms with E-state index in [4.69, 9.17) is 0 Å². The number of rotatable bonds is 5. The van der Waals surface area contributed by atoms with E-state index in [0.29, 0.717) is 12.2 Å². The van der Waals surface area contributed by atoms with E-state index in [-0.39, 0.29) is 0 Å². The Labute approximate surface area is 92.8 Å². The highest BCUT2D eigenvalue weighted by atomic mass is 19.3. The molecule has 16 heavy (non-hydrogen) atoms. The number of nitrogens with one attached hydrogen (secondary N) is 2. The summed E-state index contributed by atoms with van der Waals surface area (Å²) in [6, 6.07) is 6.87. The summed E-state index contributed by atoms with van der Waals surface area (Å²) >= 11 is 0. The molecule has 3 nitrogen and oxygen atoms in total. The maximum absolute atomic E-state index is 12.1. The van der Waals surface area contributed by atoms with Gasteiger partial charge in [-0.1, -0.05) is 25.1 Å². The summed E-state index contributed by atoms with van der Waals surface area (Å²) in [5.74, 6) is -1.27. The molecule has 0 heterocycles. The van der Waals surface area contributed by atoms with Crippen molar-refractivity contribution in [3.63, 3.8) is 0 Å². The molecule has 1 aromatic carbocycles. The third-order valence-electron chi connectivity index (χ3n) is 2.04. The highest BCUT2D eigenvalue weighted by molar-refractivity contribution is 5.93. The first-order chi connectivity index (χ1) is 7.65. The Morgan fingerprint density at radius 2 is 2.06 bits per heavy atom. The van der Waals surface area contributed by atoms with Crippen molar-refractivity contribution >= 4 is 11.6 Å². The van der Waals surface area contributed by atoms with Crippen LogP contribution >= 0.6 is 0 Å². The Balaban J connectivity index is 2.74. The molecule has 2 N–H and O–H groups in total. The van der Waals surface area contributed by atoms with Gasteiger partial charge in [0, 0.05) is 12.2 Å². The van der Waals surface area contributed by atoms with Crippen molar-refractivity contribution in [3.8, 4) is 0 Å². The summed E-state index contributed by atoms with van der Waals surface area (Å²) in [4.78, 5) is 10.9. The van der Waals surface area contributed by atoms with Crippen molar-refractivity contribution in [2.75, 3.05) is 11.9 Å². The van der Waals surface area contributed by atoms with Gasteiger partial charge in [0.15, 0.2) is 0 Å². The highest BCUT2D eigenvalue weighted by Crippen LogP contribution is 2.15. The average Bonchev–Trinajstić information content (AvgIpc) is 2.27. The van der Waals surface area contributed by atoms with Crippen LogP contribution in [0.1, 0.15) is 12.5 Å². The number of halogens is 2. The maximum atomic E-state index is 12.1. The molecule has 0 atom stereocenters. The molecule has 0 radical (unpaired) electrons. The molecule has 0 spiro atoms. The summed E-state index contributed by atoms with van der Waals surface area (Å²) in [6.07, 6.45) is -2.99. The van der Waals surface area contributed by atoms with Crippen LogP contribution < -0.4 is 10.6 Å². The minimum Gasteiger partial charge on any atom is -0.321 e. The third kappa shape index (κ3) is 3.58. The SMILES string of the molecule is CCNCc1ccccc1NC(=O)C(F)F. The van der Waals surface area contributed by atoms with Gasteiger partial charge in [-0.15, -0.1) is 0 Å². The minimum absolute atomic E-state index is 0.425. The van der Waals surface area contributed by atoms with Crippen molar-refractivity contribution in [2.45, 2.75) is 19.9 Å². The highest BCUT2D eigenvalue weighted by Gasteiger charge is 2.16. The fourth-order valence-corrected chi connectivity index (χ4v) is 1.24. The standard InChI is InChI=1S/C11H14F2N2O/c1-2-14-7-8-5-3-4-6-9(8)15-11(16)10(12)13/h3-6,10,14H,2,7H2,1H3,(H,15,16). The Kier molecular flexibility index (Phi) is 4.85. The number of benzene rings is 1. The van der Waals surface area contributed by atoms with E-state index in [0.717, 1.165) is 12.1 Å². The van der Waals surface area contributed by atoms with E-state index in [2.05, 4.69) is 10.6 Å². The zero-order chi connectivity index (χ0) is 12.0. The van der Waals surface area contributed by atoms with Gasteiger partial charge in [-0.05, 0) is 18.2 Å². The summed E-state index contributed by atoms with van der Waals surface area (Å²) in [5, 5.41) is 5.26. The van der Waals surface area contributed by atoms with Crippen LogP contribution in [0.4, 0.5) is 14.5 Å². The first kappa shape index (κ1) is 12.6. The van der Waals surface area contributed by atoms with Crippen LogP contribution in [0.15, 0.2) is 24.3 Å². The largest absolute Gasteiger partial charge is 0.321 e. The first-order valence-corrected chi connectivity index (χ1v) is 5.02. The van der Waals surface area contributed by atoms with E-state index in [1.165, 1.54) is 0 Å². The van der Waals surface area contributed by atoms with Gasteiger partial charge >= 0.3 is 6.43 Å². The fraction of sp³-hybridized carbons (Fsp3) is 0.364. The molecule has 1 rings (SSSR count). The number of para-hydroxylation sites is 1. The van der Waals surface area contributed by atoms with E-state index in [1.54, 1.807) is 24.3 Å². The van der Waals surface area contributed by atoms with Crippen molar-refractivity contribution in [3.05, 3.63) is 29.8 Å². The van der Waals surface area contributed by atoms with Crippen LogP contribution in [0.2, 0.25) is 0 Å². The molecule has 88 valence electrons. The van der Waals surface area contributed by atoms with Crippen molar-refractivity contribution in [1.82, 2.24) is 5.32 Å². The number of alkyl halides is 2. The summed E-state index contributed by atoms with van der Waals surface area (Å²) in [5.41, 5.74) is 1.21. The Morgan fingerprint density at radius 3 is 2.69 bits per heavy atom. The van der Waals surface area contributed by atoms with E-state index in [9.17, 15) is 13.6 Å². The lowest BCUT2D eigenvalue weighted by Crippen LogP contribution is -2.22. The molecule has 0 aliphatic carbocycles. The lowest BCUT2D eigenvalue weighted by molar-refractivity contribution is -0.126. The Bertz CT molecular complexity index is 356. The van der Waals surface area contributed by atoms with Gasteiger partial charge < -0.3 is 10.6 Å². The number of amides is 1. The smallest absolute Gasteiger partial charge is 0.315 e. The lowest BCUT2D eigenvalue weighted by atomic mass is 10.1. The minimum atomic E-state index is -2.99. The second kappa shape index (κ2) is 6.17. The van der Waals surface area contributed by atoms with Gasteiger partial charge in [0.05, 0.1) is 0 Å². The van der Waals surface area contributed by atoms with E-state index < -0.39 is 12.3 Å². The molecule has 0 fully saturated rings. The normalized spacial score (nSPS) is 10.5. The second-order valence-electron chi connectivity index (χ2n) is 3.23. The van der Waals surface area contributed by atoms with E-state index >= 15 is 0 Å². The lowest BCUT2D eigenvalue weighted by Gasteiger charge is -2.10. The molecule has 1 aromatic rings. The van der Waals surface area contributed by atoms with Gasteiger partial charge in [0.25, 0.3) is 5.91 Å². The van der Waals surface area contributed by atoms with Crippen LogP contribution in [0.5, 0.6) is 0 Å². The average molecular weight is 228 g/mol. The predicted molar refractivity (Wildman–Crippen MR) is 58.5 cm³/mol. The molecule has 0 saturated carbocycles. The Morgan fingerprint density at radius 1 is 1.38 bits per heavy atom. The molecule has 0 unspecified atom stereocenters. The molecule has 5 heteroatoms. The number of hydrogen-bond donors (Lipinski definition) is 2. The van der Waals surface area contributed by atoms with Gasteiger partial charge in [0.2, 0.25) is 0 Å². The van der Waals surface area contributed by atoms with Crippen LogP contribution in [-0.4, -0.2) is 18.9 Å². The maximum Gasteiger partial charge on any atom is 0.315 e. The molecule has 0 aromatic heterocycles. The van der Waals surface area contributed by atoms with Crippen LogP contribution in [0.25, 0.3) is 0 Å². The third-order valence-corrected chi connectivity index (χ3v) is 2.04. The Hall–Kier alpha value is -1.49. The monoisotopic (exact) mass is 228 g/mol. The molecule has 1 amide bonds. The van der Waals surface area contributed by atoms with Crippen molar-refractivity contribution in [1.29, 1.82) is 0 Å². The molecule has 0 saturated heterocycles. The number of anilines is 1. The van der Waals surface area contributed by atoms with Crippen LogP contribution in [0.3, 0.4) is 0 Å². The molecule has 0 aliphatic rings. The van der Waals surface area contributed by atoms with Crippen LogP contribution in [-0.2, 0) is 11.3 Å². The van der Waals surface area contributed by atoms with Crippen molar-refractivity contribution < 1.29 is 13.6 Å². The van der Waals surface area contributed by atoms with Crippen molar-refractivity contribution in [2.24, 2.45) is 0 Å². The summed E-state index contributed by atoms with van der Waals surface area (Å²) < 4.78 is 24.1. The van der Waals surface area contributed by atoms with Gasteiger partial charge in [-0.25, -0.2) is 0 Å². The zero-order valence-electron chi connectivity index (χ0n) is 8.97. The molecule has 0 aliphatic heterocycles. The van der Waals surface area contributed by atoms with E-state index in [1.807, 2.05) is 6.92 Å². The second-order valence-corrected chi connectivity index (χ2v) is 3.23. The van der Waals surface area contributed by atoms with Gasteiger partial charge in [-0.3, -0.25) is 4.79 Å². The predicted octanol–water partition coefficient (Wildman–Crippen LogP) is 2.00. The van der Waals surface area contributed by atoms with Gasteiger partial charge in [-0.2, -0.15) is 8.78 Å².